The van der Waals surface area contributed by atoms with E-state index in [0.717, 1.165) is 0 Å². The monoisotopic (exact) mass is 96.1 g/mol. The van der Waals surface area contributed by atoms with Gasteiger partial charge in [-0.3, -0.25) is 0 Å². The van der Waals surface area contributed by atoms with Crippen LogP contribution < -0.4 is 0 Å². The smallest absolute Gasteiger partial charge is 0.0893 e. The van der Waals surface area contributed by atoms with Crippen LogP contribution in [0.25, 0.3) is 0 Å². The molecule has 0 unspecified atom stereocenters. The lowest BCUT2D eigenvalue weighted by Crippen LogP contribution is -1.79. The second kappa shape index (κ2) is 6.13. The Bertz CT molecular complexity index is 25.3. The molecule has 7 heavy (non-hydrogen) atoms. The van der Waals surface area contributed by atoms with Crippen LogP contribution in [-0.4, -0.2) is 15.1 Å². The van der Waals surface area contributed by atoms with Gasteiger partial charge in [-0.15, -0.1) is 0 Å². The predicted octanol–water partition coefficient (Wildman–Crippen LogP) is 0.721. The summed E-state index contributed by atoms with van der Waals surface area (Å²) in [6.45, 7) is 2.25. The third-order valence-corrected chi connectivity index (χ3v) is 1.21. The molecule has 0 rings (SSSR count). The summed E-state index contributed by atoms with van der Waals surface area (Å²) in [7, 11) is 3.61. The molecule has 0 spiro atoms. The quantitative estimate of drug-likeness (QED) is 0.357. The standard InChI is InChI=1S/C5H14B2/c1-7-5-3-2-4-6/h7H,2-6H2,1H3. The van der Waals surface area contributed by atoms with Gasteiger partial charge in [-0.1, -0.05) is 32.3 Å². The van der Waals surface area contributed by atoms with Crippen LogP contribution >= 0.6 is 0 Å². The van der Waals surface area contributed by atoms with Crippen LogP contribution in [0.4, 0.5) is 0 Å². The summed E-state index contributed by atoms with van der Waals surface area (Å²) < 4.78 is 0. The van der Waals surface area contributed by atoms with Crippen molar-refractivity contribution in [3.05, 3.63) is 0 Å². The topological polar surface area (TPSA) is 0 Å². The Morgan fingerprint density at radius 1 is 1.43 bits per heavy atom. The van der Waals surface area contributed by atoms with E-state index < -0.39 is 0 Å². The van der Waals surface area contributed by atoms with E-state index in [0.29, 0.717) is 0 Å². The van der Waals surface area contributed by atoms with Crippen LogP contribution in [-0.2, 0) is 0 Å². The Hall–Kier alpha value is 0.130. The Balaban J connectivity index is 2.45. The minimum atomic E-state index is 1.36. The lowest BCUT2D eigenvalue weighted by atomic mass is 9.75. The number of rotatable bonds is 4. The highest BCUT2D eigenvalue weighted by molar-refractivity contribution is 6.33. The van der Waals surface area contributed by atoms with E-state index in [2.05, 4.69) is 14.7 Å². The SMILES string of the molecule is BCCCCBC. The molecular weight excluding hydrogens is 81.7 g/mol. The van der Waals surface area contributed by atoms with Gasteiger partial charge in [0.2, 0.25) is 0 Å². The van der Waals surface area contributed by atoms with Crippen LogP contribution in [0.2, 0.25) is 19.5 Å². The average molecular weight is 95.8 g/mol. The third kappa shape index (κ3) is 6.13. The lowest BCUT2D eigenvalue weighted by Gasteiger charge is -1.89. The molecule has 2 heteroatoms. The molecule has 0 N–H and O–H groups in total. The van der Waals surface area contributed by atoms with Gasteiger partial charge in [0.25, 0.3) is 0 Å². The van der Waals surface area contributed by atoms with E-state index in [1.54, 1.807) is 0 Å². The van der Waals surface area contributed by atoms with Gasteiger partial charge in [0.05, 0.1) is 0 Å². The molecule has 0 aliphatic rings. The molecule has 0 bridgehead atoms. The second-order valence-electron chi connectivity index (χ2n) is 2.06. The van der Waals surface area contributed by atoms with Gasteiger partial charge in [0.15, 0.2) is 0 Å². The highest BCUT2D eigenvalue weighted by Gasteiger charge is 1.81. The van der Waals surface area contributed by atoms with E-state index in [1.807, 2.05) is 0 Å². The second-order valence-corrected chi connectivity index (χ2v) is 2.06. The molecule has 40 valence electrons. The van der Waals surface area contributed by atoms with Gasteiger partial charge in [0, 0.05) is 0 Å². The fourth-order valence-corrected chi connectivity index (χ4v) is 0.677. The van der Waals surface area contributed by atoms with Gasteiger partial charge in [-0.25, -0.2) is 0 Å². The van der Waals surface area contributed by atoms with Crippen LogP contribution in [0.15, 0.2) is 0 Å². The van der Waals surface area contributed by atoms with Crippen molar-refractivity contribution >= 4 is 15.1 Å². The normalized spacial score (nSPS) is 8.71. The molecule has 0 nitrogen and oxygen atoms in total. The van der Waals surface area contributed by atoms with Crippen LogP contribution in [0, 0.1) is 0 Å². The van der Waals surface area contributed by atoms with E-state index in [1.165, 1.54) is 32.8 Å². The summed E-state index contributed by atoms with van der Waals surface area (Å²) in [5, 5.41) is 0. The molecular formula is C5H14B2. The maximum atomic E-state index is 2.25. The highest BCUT2D eigenvalue weighted by Crippen LogP contribution is 1.96. The van der Waals surface area contributed by atoms with Gasteiger partial charge in [0.1, 0.15) is 15.1 Å². The molecule has 0 fully saturated rings. The molecule has 0 aliphatic heterocycles. The lowest BCUT2D eigenvalue weighted by molar-refractivity contribution is 0.878. The van der Waals surface area contributed by atoms with E-state index in [-0.39, 0.29) is 0 Å². The number of hydrogen-bond donors (Lipinski definition) is 0. The molecule has 0 amide bonds. The first-order valence-electron chi connectivity index (χ1n) is 3.41. The molecule has 0 aliphatic carbocycles. The first-order chi connectivity index (χ1) is 3.41. The fraction of sp³-hybridized carbons (Fsp3) is 1.00. The molecule has 0 saturated carbocycles. The summed E-state index contributed by atoms with van der Waals surface area (Å²) in [5.74, 6) is 0. The summed E-state index contributed by atoms with van der Waals surface area (Å²) in [6, 6.07) is 0. The maximum Gasteiger partial charge on any atom is 0.117 e. The minimum absolute atomic E-state index is 1.36. The van der Waals surface area contributed by atoms with E-state index in [4.69, 9.17) is 0 Å². The molecule has 0 saturated heterocycles. The van der Waals surface area contributed by atoms with Crippen molar-refractivity contribution < 1.29 is 0 Å². The molecule has 0 atom stereocenters. The van der Waals surface area contributed by atoms with Crippen molar-refractivity contribution in [2.45, 2.75) is 32.3 Å². The minimum Gasteiger partial charge on any atom is -0.0893 e. The molecule has 0 heterocycles. The Kier molecular flexibility index (Phi) is 6.24. The van der Waals surface area contributed by atoms with E-state index >= 15 is 0 Å². The first-order valence-corrected chi connectivity index (χ1v) is 3.41. The predicted molar refractivity (Wildman–Crippen MR) is 40.4 cm³/mol. The van der Waals surface area contributed by atoms with Gasteiger partial charge >= 0.3 is 0 Å². The van der Waals surface area contributed by atoms with Gasteiger partial charge in [-0.2, -0.15) is 0 Å². The van der Waals surface area contributed by atoms with Crippen molar-refractivity contribution in [1.29, 1.82) is 0 Å². The van der Waals surface area contributed by atoms with Crippen LogP contribution in [0.3, 0.4) is 0 Å². The zero-order valence-electron chi connectivity index (χ0n) is 5.54. The zero-order valence-corrected chi connectivity index (χ0v) is 5.54. The van der Waals surface area contributed by atoms with Crippen LogP contribution in [0.5, 0.6) is 0 Å². The van der Waals surface area contributed by atoms with Gasteiger partial charge < -0.3 is 0 Å². The largest absolute Gasteiger partial charge is 0.117 e. The zero-order chi connectivity index (χ0) is 5.54. The molecule has 0 aromatic rings. The van der Waals surface area contributed by atoms with Crippen molar-refractivity contribution in [3.8, 4) is 0 Å². The first kappa shape index (κ1) is 7.13. The molecule has 0 aromatic heterocycles. The Morgan fingerprint density at radius 3 is 2.57 bits per heavy atom. The van der Waals surface area contributed by atoms with E-state index in [9.17, 15) is 0 Å². The van der Waals surface area contributed by atoms with Crippen molar-refractivity contribution in [2.75, 3.05) is 0 Å². The average Bonchev–Trinajstić information content (AvgIpc) is 1.69. The van der Waals surface area contributed by atoms with Crippen LogP contribution in [0.1, 0.15) is 12.8 Å². The van der Waals surface area contributed by atoms with Crippen molar-refractivity contribution in [1.82, 2.24) is 0 Å². The number of unbranched alkanes of at least 4 members (excludes halogenated alkanes) is 1. The summed E-state index contributed by atoms with van der Waals surface area (Å²) in [5.41, 5.74) is 0. The molecule has 0 aromatic carbocycles. The Morgan fingerprint density at radius 2 is 2.14 bits per heavy atom. The fourth-order valence-electron chi connectivity index (χ4n) is 0.677. The number of hydrogen-bond acceptors (Lipinski definition) is 0. The summed E-state index contributed by atoms with van der Waals surface area (Å²) in [6.07, 6.45) is 5.65. The Labute approximate surface area is 48.3 Å². The van der Waals surface area contributed by atoms with Crippen molar-refractivity contribution in [3.63, 3.8) is 0 Å². The highest BCUT2D eigenvalue weighted by atomic mass is 13.8. The summed E-state index contributed by atoms with van der Waals surface area (Å²) >= 11 is 0. The third-order valence-electron chi connectivity index (χ3n) is 1.21. The van der Waals surface area contributed by atoms with Crippen molar-refractivity contribution in [2.24, 2.45) is 0 Å². The summed E-state index contributed by atoms with van der Waals surface area (Å²) in [4.78, 5) is 0. The molecule has 0 radical (unpaired) electrons. The maximum absolute atomic E-state index is 2.25. The van der Waals surface area contributed by atoms with Gasteiger partial charge in [-0.05, 0) is 0 Å².